The number of hydrazone groups is 1. The third-order valence-electron chi connectivity index (χ3n) is 3.59. The van der Waals surface area contributed by atoms with E-state index in [2.05, 4.69) is 5.10 Å². The van der Waals surface area contributed by atoms with Crippen molar-refractivity contribution in [1.82, 2.24) is 0 Å². The third kappa shape index (κ3) is 3.65. The minimum absolute atomic E-state index is 0.0820. The van der Waals surface area contributed by atoms with Crippen LogP contribution in [0.15, 0.2) is 63.4 Å². The van der Waals surface area contributed by atoms with Gasteiger partial charge in [-0.2, -0.15) is 21.9 Å². The smallest absolute Gasteiger partial charge is 0.282 e. The van der Waals surface area contributed by atoms with Crippen LogP contribution in [0.5, 0.6) is 0 Å². The van der Waals surface area contributed by atoms with Crippen LogP contribution in [0.25, 0.3) is 0 Å². The van der Waals surface area contributed by atoms with Crippen LogP contribution in [0.2, 0.25) is 0 Å². The molecule has 136 valence electrons. The van der Waals surface area contributed by atoms with Gasteiger partial charge in [-0.25, -0.2) is 5.01 Å². The molecule has 2 N–H and O–H groups in total. The topological polar surface area (TPSA) is 141 Å². The van der Waals surface area contributed by atoms with E-state index in [1.807, 2.05) is 0 Å². The van der Waals surface area contributed by atoms with Gasteiger partial charge >= 0.3 is 0 Å². The van der Waals surface area contributed by atoms with E-state index in [9.17, 15) is 30.7 Å². The summed E-state index contributed by atoms with van der Waals surface area (Å²) >= 11 is 0. The van der Waals surface area contributed by atoms with Crippen molar-refractivity contribution < 1.29 is 30.7 Å². The summed E-state index contributed by atoms with van der Waals surface area (Å²) in [7, 11) is -9.57. The van der Waals surface area contributed by atoms with Crippen molar-refractivity contribution in [2.75, 3.05) is 5.01 Å². The van der Waals surface area contributed by atoms with Crippen LogP contribution in [0.1, 0.15) is 12.0 Å². The van der Waals surface area contributed by atoms with E-state index in [0.29, 0.717) is 17.3 Å². The molecule has 0 bridgehead atoms. The fraction of sp³-hybridized carbons (Fsp3) is 0.0667. The minimum atomic E-state index is -4.78. The fourth-order valence-corrected chi connectivity index (χ4v) is 3.56. The molecule has 1 amide bonds. The van der Waals surface area contributed by atoms with Gasteiger partial charge in [-0.05, 0) is 23.8 Å². The summed E-state index contributed by atoms with van der Waals surface area (Å²) in [4.78, 5) is 10.7. The number of nitrogens with zero attached hydrogens (tertiary/aromatic N) is 2. The van der Waals surface area contributed by atoms with Gasteiger partial charge in [0.2, 0.25) is 0 Å². The van der Waals surface area contributed by atoms with Crippen LogP contribution in [-0.2, 0) is 25.0 Å². The quantitative estimate of drug-likeness (QED) is 0.742. The summed E-state index contributed by atoms with van der Waals surface area (Å²) in [6, 6.07) is 11.1. The molecule has 0 atom stereocenters. The third-order valence-corrected chi connectivity index (χ3v) is 5.25. The van der Waals surface area contributed by atoms with E-state index >= 15 is 0 Å². The largest absolute Gasteiger partial charge is 0.294 e. The molecule has 0 spiro atoms. The summed E-state index contributed by atoms with van der Waals surface area (Å²) in [6.45, 7) is 0. The van der Waals surface area contributed by atoms with Gasteiger partial charge in [-0.1, -0.05) is 30.3 Å². The lowest BCUT2D eigenvalue weighted by Gasteiger charge is -2.13. The van der Waals surface area contributed by atoms with Gasteiger partial charge in [0.25, 0.3) is 26.1 Å². The number of hydrogen-bond donors (Lipinski definition) is 2. The molecule has 9 nitrogen and oxygen atoms in total. The Bertz CT molecular complexity index is 1070. The van der Waals surface area contributed by atoms with Crippen LogP contribution in [-0.4, -0.2) is 37.6 Å². The molecule has 0 aromatic heterocycles. The van der Waals surface area contributed by atoms with Crippen LogP contribution >= 0.6 is 0 Å². The van der Waals surface area contributed by atoms with E-state index < -0.39 is 35.9 Å². The van der Waals surface area contributed by atoms with E-state index in [1.165, 1.54) is 0 Å². The lowest BCUT2D eigenvalue weighted by Crippen LogP contribution is -2.20. The Morgan fingerprint density at radius 2 is 1.42 bits per heavy atom. The zero-order valence-corrected chi connectivity index (χ0v) is 14.6. The molecular weight excluding hydrogens is 384 g/mol. The molecule has 2 aromatic rings. The SMILES string of the molecule is O=C1CC(c2ccccc2)=NN1c1cc(S(=O)(=O)O)cc(S(=O)(=O)O)c1. The second-order valence-electron chi connectivity index (χ2n) is 5.41. The van der Waals surface area contributed by atoms with Crippen LogP contribution in [0.4, 0.5) is 5.69 Å². The van der Waals surface area contributed by atoms with Gasteiger partial charge in [0.1, 0.15) is 0 Å². The average Bonchev–Trinajstić information content (AvgIpc) is 2.95. The molecule has 11 heteroatoms. The standard InChI is InChI=1S/C15H12N2O7S2/c18-15-9-14(10-4-2-1-3-5-10)16-17(15)11-6-12(25(19,20)21)8-13(7-11)26(22,23)24/h1-8H,9H2,(H,19,20,21)(H,22,23,24). The Hall–Kier alpha value is -2.60. The molecule has 1 aliphatic rings. The molecule has 1 aliphatic heterocycles. The number of rotatable bonds is 4. The summed E-state index contributed by atoms with van der Waals surface area (Å²) in [5, 5.41) is 4.93. The van der Waals surface area contributed by atoms with Gasteiger partial charge in [0.05, 0.1) is 27.6 Å². The van der Waals surface area contributed by atoms with Crippen LogP contribution in [0.3, 0.4) is 0 Å². The molecule has 0 saturated carbocycles. The number of anilines is 1. The zero-order valence-electron chi connectivity index (χ0n) is 13.0. The van der Waals surface area contributed by atoms with Crippen molar-refractivity contribution in [3.63, 3.8) is 0 Å². The molecule has 0 saturated heterocycles. The van der Waals surface area contributed by atoms with Gasteiger partial charge in [0, 0.05) is 0 Å². The Balaban J connectivity index is 2.14. The van der Waals surface area contributed by atoms with Gasteiger partial charge in [0.15, 0.2) is 0 Å². The molecule has 3 rings (SSSR count). The van der Waals surface area contributed by atoms with E-state index in [-0.39, 0.29) is 12.1 Å². The van der Waals surface area contributed by atoms with Crippen molar-refractivity contribution in [1.29, 1.82) is 0 Å². The van der Waals surface area contributed by atoms with Crippen molar-refractivity contribution in [2.24, 2.45) is 5.10 Å². The van der Waals surface area contributed by atoms with Crippen molar-refractivity contribution in [3.05, 3.63) is 54.1 Å². The number of hydrogen-bond acceptors (Lipinski definition) is 6. The molecule has 0 aliphatic carbocycles. The van der Waals surface area contributed by atoms with Crippen LogP contribution in [0, 0.1) is 0 Å². The maximum atomic E-state index is 12.3. The molecule has 0 radical (unpaired) electrons. The lowest BCUT2D eigenvalue weighted by molar-refractivity contribution is -0.116. The van der Waals surface area contributed by atoms with Crippen molar-refractivity contribution in [2.45, 2.75) is 16.2 Å². The van der Waals surface area contributed by atoms with Gasteiger partial charge in [-0.3, -0.25) is 13.9 Å². The Morgan fingerprint density at radius 3 is 1.92 bits per heavy atom. The molecular formula is C15H12N2O7S2. The van der Waals surface area contributed by atoms with Crippen LogP contribution < -0.4 is 5.01 Å². The number of carbonyl (C=O) groups excluding carboxylic acids is 1. The predicted molar refractivity (Wildman–Crippen MR) is 91.2 cm³/mol. The highest BCUT2D eigenvalue weighted by Crippen LogP contribution is 2.28. The number of amides is 1. The number of carbonyl (C=O) groups is 1. The summed E-state index contributed by atoms with van der Waals surface area (Å²) in [5.74, 6) is -0.530. The lowest BCUT2D eigenvalue weighted by atomic mass is 10.1. The maximum Gasteiger partial charge on any atom is 0.294 e. The van der Waals surface area contributed by atoms with E-state index in [0.717, 1.165) is 17.1 Å². The first-order valence-corrected chi connectivity index (χ1v) is 9.99. The monoisotopic (exact) mass is 396 g/mol. The first-order valence-electron chi connectivity index (χ1n) is 7.11. The first-order chi connectivity index (χ1) is 12.1. The Kier molecular flexibility index (Phi) is 4.40. The average molecular weight is 396 g/mol. The highest BCUT2D eigenvalue weighted by Gasteiger charge is 2.28. The summed E-state index contributed by atoms with van der Waals surface area (Å²) < 4.78 is 63.9. The van der Waals surface area contributed by atoms with Crippen molar-refractivity contribution in [3.8, 4) is 0 Å². The molecule has 26 heavy (non-hydrogen) atoms. The number of benzene rings is 2. The highest BCUT2D eigenvalue weighted by molar-refractivity contribution is 7.86. The van der Waals surface area contributed by atoms with E-state index in [1.54, 1.807) is 30.3 Å². The fourth-order valence-electron chi connectivity index (χ4n) is 2.40. The molecule has 1 heterocycles. The zero-order chi connectivity index (χ0) is 19.1. The minimum Gasteiger partial charge on any atom is -0.282 e. The molecule has 0 unspecified atom stereocenters. The normalized spacial score (nSPS) is 15.2. The molecule has 2 aromatic carbocycles. The van der Waals surface area contributed by atoms with Crippen molar-refractivity contribution >= 4 is 37.5 Å². The second-order valence-corrected chi connectivity index (χ2v) is 8.25. The van der Waals surface area contributed by atoms with E-state index in [4.69, 9.17) is 0 Å². The highest BCUT2D eigenvalue weighted by atomic mass is 32.2. The summed E-state index contributed by atoms with van der Waals surface area (Å²) in [6.07, 6.45) is -0.0820. The summed E-state index contributed by atoms with van der Waals surface area (Å²) in [5.41, 5.74) is 0.856. The Labute approximate surface area is 149 Å². The van der Waals surface area contributed by atoms with Gasteiger partial charge in [-0.15, -0.1) is 0 Å². The van der Waals surface area contributed by atoms with Gasteiger partial charge < -0.3 is 0 Å². The predicted octanol–water partition coefficient (Wildman–Crippen LogP) is 1.32. The first kappa shape index (κ1) is 18.2. The Morgan fingerprint density at radius 1 is 0.885 bits per heavy atom. The second kappa shape index (κ2) is 6.29. The maximum absolute atomic E-state index is 12.3. The molecule has 0 fully saturated rings.